The second-order valence-corrected chi connectivity index (χ2v) is 5.59. The van der Waals surface area contributed by atoms with Gasteiger partial charge in [0.05, 0.1) is 0 Å². The van der Waals surface area contributed by atoms with Gasteiger partial charge in [-0.15, -0.1) is 0 Å². The van der Waals surface area contributed by atoms with Crippen LogP contribution >= 0.6 is 0 Å². The van der Waals surface area contributed by atoms with Crippen LogP contribution in [-0.4, -0.2) is 23.9 Å². The molecule has 2 rings (SSSR count). The minimum absolute atomic E-state index is 0.00882. The van der Waals surface area contributed by atoms with E-state index in [4.69, 9.17) is 16.2 Å². The fourth-order valence-electron chi connectivity index (χ4n) is 2.28. The van der Waals surface area contributed by atoms with Gasteiger partial charge in [0.25, 0.3) is 5.91 Å². The Labute approximate surface area is 150 Å². The third kappa shape index (κ3) is 5.94. The molecule has 7 nitrogen and oxygen atoms in total. The van der Waals surface area contributed by atoms with Gasteiger partial charge in [0, 0.05) is 18.4 Å². The number of rotatable bonds is 9. The molecule has 136 valence electrons. The molecular weight excluding hydrogens is 336 g/mol. The first-order valence-electron chi connectivity index (χ1n) is 8.01. The fourth-order valence-corrected chi connectivity index (χ4v) is 2.28. The first-order chi connectivity index (χ1) is 12.5. The van der Waals surface area contributed by atoms with Gasteiger partial charge < -0.3 is 20.9 Å². The van der Waals surface area contributed by atoms with Crippen LogP contribution in [0.3, 0.4) is 0 Å². The monoisotopic (exact) mass is 356 g/mol. The molecule has 2 amide bonds. The summed E-state index contributed by atoms with van der Waals surface area (Å²) < 4.78 is 10.2. The van der Waals surface area contributed by atoms with Gasteiger partial charge in [0.1, 0.15) is 12.4 Å². The van der Waals surface area contributed by atoms with Crippen molar-refractivity contribution in [1.82, 2.24) is 0 Å². The second-order valence-electron chi connectivity index (χ2n) is 5.59. The van der Waals surface area contributed by atoms with Gasteiger partial charge in [-0.3, -0.25) is 9.59 Å². The molecule has 2 aromatic carbocycles. The number of carbonyl (C=O) groups excluding carboxylic acids is 3. The van der Waals surface area contributed by atoms with Crippen LogP contribution in [0.4, 0.5) is 4.79 Å². The molecule has 0 saturated carbocycles. The summed E-state index contributed by atoms with van der Waals surface area (Å²) in [5.41, 5.74) is 11.5. The van der Waals surface area contributed by atoms with E-state index in [1.807, 2.05) is 30.3 Å². The Morgan fingerprint density at radius 1 is 0.923 bits per heavy atom. The maximum absolute atomic E-state index is 12.2. The van der Waals surface area contributed by atoms with Crippen molar-refractivity contribution < 1.29 is 23.9 Å². The molecule has 26 heavy (non-hydrogen) atoms. The highest BCUT2D eigenvalue weighted by molar-refractivity contribution is 5.96. The first kappa shape index (κ1) is 19.0. The van der Waals surface area contributed by atoms with Crippen LogP contribution in [0, 0.1) is 0 Å². The molecule has 0 heterocycles. The van der Waals surface area contributed by atoms with Crippen LogP contribution in [0.2, 0.25) is 0 Å². The zero-order chi connectivity index (χ0) is 18.9. The summed E-state index contributed by atoms with van der Waals surface area (Å²) in [4.78, 5) is 34.1. The Hall–Kier alpha value is -3.35. The van der Waals surface area contributed by atoms with Crippen molar-refractivity contribution in [3.05, 3.63) is 65.7 Å². The van der Waals surface area contributed by atoms with Gasteiger partial charge in [0.2, 0.25) is 0 Å². The number of amides is 2. The molecule has 0 fully saturated rings. The third-order valence-electron chi connectivity index (χ3n) is 3.63. The summed E-state index contributed by atoms with van der Waals surface area (Å²) in [6.45, 7) is 0.429. The quantitative estimate of drug-likeness (QED) is 0.667. The zero-order valence-electron chi connectivity index (χ0n) is 14.1. The highest BCUT2D eigenvalue weighted by atomic mass is 16.6. The maximum atomic E-state index is 12.2. The number of Topliss-reactive ketones (excluding diaryl/α,β-unsaturated/α-hetero) is 1. The van der Waals surface area contributed by atoms with Crippen molar-refractivity contribution in [2.24, 2.45) is 11.5 Å². The Morgan fingerprint density at radius 3 is 2.15 bits per heavy atom. The zero-order valence-corrected chi connectivity index (χ0v) is 14.1. The molecule has 0 radical (unpaired) electrons. The van der Waals surface area contributed by atoms with E-state index in [9.17, 15) is 14.4 Å². The smallest absolute Gasteiger partial charge is 0.405 e. The largest absolute Gasteiger partial charge is 0.489 e. The number of carbonyl (C=O) groups is 3. The van der Waals surface area contributed by atoms with Crippen molar-refractivity contribution in [2.75, 3.05) is 0 Å². The summed E-state index contributed by atoms with van der Waals surface area (Å²) in [5.74, 6) is -0.419. The molecule has 4 N–H and O–H groups in total. The molecule has 0 aliphatic heterocycles. The topological polar surface area (TPSA) is 122 Å². The van der Waals surface area contributed by atoms with Crippen molar-refractivity contribution in [3.63, 3.8) is 0 Å². The van der Waals surface area contributed by atoms with E-state index < -0.39 is 18.1 Å². The summed E-state index contributed by atoms with van der Waals surface area (Å²) in [6, 6.07) is 16.4. The predicted molar refractivity (Wildman–Crippen MR) is 94.4 cm³/mol. The Bertz CT molecular complexity index is 759. The van der Waals surface area contributed by atoms with Gasteiger partial charge in [-0.2, -0.15) is 0 Å². The van der Waals surface area contributed by atoms with Gasteiger partial charge in [-0.25, -0.2) is 4.79 Å². The number of benzene rings is 2. The lowest BCUT2D eigenvalue weighted by molar-refractivity contribution is -0.126. The van der Waals surface area contributed by atoms with Gasteiger partial charge in [0.15, 0.2) is 11.9 Å². The number of hydrogen-bond acceptors (Lipinski definition) is 5. The van der Waals surface area contributed by atoms with Crippen molar-refractivity contribution >= 4 is 17.8 Å². The molecule has 0 aliphatic rings. The van der Waals surface area contributed by atoms with E-state index in [0.717, 1.165) is 5.56 Å². The van der Waals surface area contributed by atoms with Crippen LogP contribution in [-0.2, 0) is 16.1 Å². The lowest BCUT2D eigenvalue weighted by Gasteiger charge is -2.12. The number of ketones is 1. The lowest BCUT2D eigenvalue weighted by atomic mass is 10.0. The summed E-state index contributed by atoms with van der Waals surface area (Å²) >= 11 is 0. The lowest BCUT2D eigenvalue weighted by Crippen LogP contribution is -2.35. The van der Waals surface area contributed by atoms with Crippen LogP contribution in [0.15, 0.2) is 54.6 Å². The van der Waals surface area contributed by atoms with Crippen LogP contribution in [0.5, 0.6) is 5.75 Å². The van der Waals surface area contributed by atoms with E-state index in [0.29, 0.717) is 17.9 Å². The summed E-state index contributed by atoms with van der Waals surface area (Å²) in [7, 11) is 0. The Morgan fingerprint density at radius 2 is 1.58 bits per heavy atom. The maximum Gasteiger partial charge on any atom is 0.405 e. The molecule has 1 atom stereocenters. The number of nitrogens with two attached hydrogens (primary N) is 2. The molecular formula is C19H20N2O5. The van der Waals surface area contributed by atoms with Gasteiger partial charge >= 0.3 is 6.09 Å². The number of hydrogen-bond donors (Lipinski definition) is 2. The highest BCUT2D eigenvalue weighted by Crippen LogP contribution is 2.16. The van der Waals surface area contributed by atoms with Crippen LogP contribution in [0.25, 0.3) is 0 Å². The number of ether oxygens (including phenoxy) is 2. The first-order valence-corrected chi connectivity index (χ1v) is 8.01. The van der Waals surface area contributed by atoms with Crippen molar-refractivity contribution in [3.8, 4) is 5.75 Å². The summed E-state index contributed by atoms with van der Waals surface area (Å²) in [5, 5.41) is 0. The molecule has 7 heteroatoms. The standard InChI is InChI=1S/C19H20N2O5/c20-18(23)17(26-19(21)24)11-10-16(22)14-6-8-15(9-7-14)25-12-13-4-2-1-3-5-13/h1-9,17H,10-12H2,(H2,20,23)(H2,21,24)/t17-/m0/s1. The molecule has 0 aromatic heterocycles. The van der Waals surface area contributed by atoms with Crippen LogP contribution in [0.1, 0.15) is 28.8 Å². The van der Waals surface area contributed by atoms with E-state index >= 15 is 0 Å². The van der Waals surface area contributed by atoms with Gasteiger partial charge in [-0.1, -0.05) is 30.3 Å². The Balaban J connectivity index is 1.87. The molecule has 2 aromatic rings. The molecule has 0 aliphatic carbocycles. The molecule has 0 bridgehead atoms. The van der Waals surface area contributed by atoms with Crippen molar-refractivity contribution in [1.29, 1.82) is 0 Å². The highest BCUT2D eigenvalue weighted by Gasteiger charge is 2.20. The molecule has 0 unspecified atom stereocenters. The van der Waals surface area contributed by atoms with E-state index in [2.05, 4.69) is 4.74 Å². The normalized spacial score (nSPS) is 11.4. The van der Waals surface area contributed by atoms with E-state index in [1.165, 1.54) is 0 Å². The van der Waals surface area contributed by atoms with E-state index in [-0.39, 0.29) is 18.6 Å². The average molecular weight is 356 g/mol. The average Bonchev–Trinajstić information content (AvgIpc) is 2.64. The van der Waals surface area contributed by atoms with Gasteiger partial charge in [-0.05, 0) is 29.8 Å². The molecule has 0 saturated heterocycles. The predicted octanol–water partition coefficient (Wildman–Crippen LogP) is 2.18. The van der Waals surface area contributed by atoms with Crippen molar-refractivity contribution in [2.45, 2.75) is 25.6 Å². The van der Waals surface area contributed by atoms with E-state index in [1.54, 1.807) is 24.3 Å². The second kappa shape index (κ2) is 9.22. The SMILES string of the molecule is NC(=O)O[C@@H](CCC(=O)c1ccc(OCc2ccccc2)cc1)C(N)=O. The van der Waals surface area contributed by atoms with Crippen LogP contribution < -0.4 is 16.2 Å². The Kier molecular flexibility index (Phi) is 6.73. The summed E-state index contributed by atoms with van der Waals surface area (Å²) in [6.07, 6.45) is -2.36. The third-order valence-corrected chi connectivity index (χ3v) is 3.63. The molecule has 0 spiro atoms. The minimum atomic E-state index is -1.22. The number of primary amides is 2. The fraction of sp³-hybridized carbons (Fsp3) is 0.211. The minimum Gasteiger partial charge on any atom is -0.489 e.